The summed E-state index contributed by atoms with van der Waals surface area (Å²) in [5.74, 6) is -6.12. The molecule has 0 aliphatic carbocycles. The van der Waals surface area contributed by atoms with Gasteiger partial charge in [0.25, 0.3) is 70.9 Å². The summed E-state index contributed by atoms with van der Waals surface area (Å²) in [5.41, 5.74) is 13.5. The fraction of sp³-hybridized carbons (Fsp3) is 0.0400. The van der Waals surface area contributed by atoms with Gasteiger partial charge in [-0.15, -0.1) is 0 Å². The van der Waals surface area contributed by atoms with E-state index in [4.69, 9.17) is 0 Å². The lowest BCUT2D eigenvalue weighted by Crippen LogP contribution is -2.32. The van der Waals surface area contributed by atoms with Crippen LogP contribution in [0.25, 0.3) is 66.8 Å². The molecular weight excluding hydrogens is 1480 g/mol. The Morgan fingerprint density at radius 2 is 0.339 bits per heavy atom. The predicted molar refractivity (Wildman–Crippen MR) is 452 cm³/mol. The monoisotopic (exact) mass is 1540 g/mol. The van der Waals surface area contributed by atoms with Crippen molar-refractivity contribution in [2.45, 2.75) is 24.7 Å². The summed E-state index contributed by atoms with van der Waals surface area (Å²) < 4.78 is 0. The van der Waals surface area contributed by atoms with Gasteiger partial charge in [-0.2, -0.15) is 0 Å². The molecule has 0 saturated heterocycles. The maximum absolute atomic E-state index is 13.4. The quantitative estimate of drug-likeness (QED) is 0.0578. The van der Waals surface area contributed by atoms with E-state index in [2.05, 4.69) is 55.5 Å². The van der Waals surface area contributed by atoms with Crippen molar-refractivity contribution >= 4 is 105 Å². The van der Waals surface area contributed by atoms with Crippen LogP contribution in [0.3, 0.4) is 0 Å². The maximum Gasteiger partial charge on any atom is 0.258 e. The van der Waals surface area contributed by atoms with E-state index < -0.39 is 81.7 Å². The zero-order valence-corrected chi connectivity index (χ0v) is 63.2. The third-order valence-corrected chi connectivity index (χ3v) is 22.3. The number of para-hydroxylation sites is 2. The summed E-state index contributed by atoms with van der Waals surface area (Å²) in [4.78, 5) is 165. The standard InChI is InChI=1S/C54H34N4O8.C46H32N2O4/c1-54(35-17-15-34(16-18-35)33-9-3-2-4-10-33,36-19-21-44(57-50(63)27-28-51(57)64)40(31-36)38-11-5-7-13-42(38)55-46(59)23-24-47(55)60)37-20-22-45(58-52(65)29-30-53(58)66)41(32-37)39-12-6-8-14-43(39)56-48(61)25-26-49(56)62;1-46(35-19-17-32(18-20-35)31-11-5-2-6-12-31,36-21-23-40(47-42(49)25-26-43(47)50)38(29-36)33-13-7-3-8-14-33)37-22-24-41(48-44(51)27-28-45(48)52)39(30-37)34-15-9-4-10-16-34/h2-32H,1H3;2-30H,1H3. The topological polar surface area (TPSA) is 224 Å². The molecule has 18 heteroatoms. The molecule has 12 amide bonds. The lowest BCUT2D eigenvalue weighted by Gasteiger charge is -2.35. The van der Waals surface area contributed by atoms with E-state index in [-0.39, 0.29) is 22.7 Å². The Labute approximate surface area is 677 Å². The minimum Gasteiger partial charge on any atom is -0.269 e. The van der Waals surface area contributed by atoms with E-state index in [1.807, 2.05) is 177 Å². The van der Waals surface area contributed by atoms with Gasteiger partial charge in [0.1, 0.15) is 0 Å². The highest BCUT2D eigenvalue weighted by atomic mass is 16.2. The molecule has 0 atom stereocenters. The summed E-state index contributed by atoms with van der Waals surface area (Å²) in [6, 6.07) is 91.7. The lowest BCUT2D eigenvalue weighted by molar-refractivity contribution is -0.121. The Morgan fingerprint density at radius 1 is 0.161 bits per heavy atom. The molecule has 0 fully saturated rings. The van der Waals surface area contributed by atoms with E-state index in [0.29, 0.717) is 44.8 Å². The van der Waals surface area contributed by atoms with E-state index in [1.165, 1.54) is 82.7 Å². The number of hydrogen-bond acceptors (Lipinski definition) is 12. The minimum absolute atomic E-state index is 0.206. The third-order valence-electron chi connectivity index (χ3n) is 22.3. The van der Waals surface area contributed by atoms with Crippen molar-refractivity contribution in [1.29, 1.82) is 0 Å². The summed E-state index contributed by atoms with van der Waals surface area (Å²) in [7, 11) is 0. The number of rotatable bonds is 18. The third kappa shape index (κ3) is 13.2. The molecule has 6 heterocycles. The number of benzene rings is 12. The number of hydrogen-bond donors (Lipinski definition) is 0. The zero-order chi connectivity index (χ0) is 81.7. The molecule has 6 aliphatic rings. The maximum atomic E-state index is 13.4. The second-order valence-electron chi connectivity index (χ2n) is 28.9. The van der Waals surface area contributed by atoms with Gasteiger partial charge in [0.15, 0.2) is 0 Å². The van der Waals surface area contributed by atoms with Crippen LogP contribution in [0.2, 0.25) is 0 Å². The van der Waals surface area contributed by atoms with Crippen LogP contribution in [0.15, 0.2) is 364 Å². The first-order valence-corrected chi connectivity index (χ1v) is 37.8. The highest BCUT2D eigenvalue weighted by Crippen LogP contribution is 2.51. The van der Waals surface area contributed by atoms with Crippen molar-refractivity contribution in [3.63, 3.8) is 0 Å². The first-order valence-electron chi connectivity index (χ1n) is 37.8. The second kappa shape index (κ2) is 30.4. The molecule has 12 aromatic rings. The molecule has 18 nitrogen and oxygen atoms in total. The van der Waals surface area contributed by atoms with E-state index in [1.54, 1.807) is 72.8 Å². The van der Waals surface area contributed by atoms with E-state index in [0.717, 1.165) is 86.4 Å². The summed E-state index contributed by atoms with van der Waals surface area (Å²) in [5, 5.41) is 0. The van der Waals surface area contributed by atoms with Crippen LogP contribution < -0.4 is 29.4 Å². The van der Waals surface area contributed by atoms with Gasteiger partial charge in [0.2, 0.25) is 0 Å². The Hall–Kier alpha value is -16.1. The first-order chi connectivity index (χ1) is 57.3. The van der Waals surface area contributed by atoms with Crippen molar-refractivity contribution in [2.24, 2.45) is 0 Å². The van der Waals surface area contributed by atoms with Gasteiger partial charge in [-0.1, -0.05) is 231 Å². The first kappa shape index (κ1) is 74.7. The Kier molecular flexibility index (Phi) is 19.3. The number of nitrogens with zero attached hydrogens (tertiary/aromatic N) is 6. The second-order valence-corrected chi connectivity index (χ2v) is 28.9. The van der Waals surface area contributed by atoms with Gasteiger partial charge < -0.3 is 0 Å². The molecule has 0 spiro atoms. The van der Waals surface area contributed by atoms with Gasteiger partial charge in [0, 0.05) is 117 Å². The Morgan fingerprint density at radius 3 is 0.585 bits per heavy atom. The molecule has 118 heavy (non-hydrogen) atoms. The zero-order valence-electron chi connectivity index (χ0n) is 63.2. The number of carbonyl (C=O) groups excluding carboxylic acids is 12. The Bertz CT molecular complexity index is 6090. The van der Waals surface area contributed by atoms with Gasteiger partial charge in [-0.3, -0.25) is 57.5 Å². The average Bonchev–Trinajstić information content (AvgIpc) is 1.21. The highest BCUT2D eigenvalue weighted by Gasteiger charge is 2.41. The number of carbonyl (C=O) groups is 12. The smallest absolute Gasteiger partial charge is 0.258 e. The van der Waals surface area contributed by atoms with Gasteiger partial charge in [-0.05, 0) is 141 Å². The van der Waals surface area contributed by atoms with Gasteiger partial charge in [0.05, 0.1) is 34.1 Å². The van der Waals surface area contributed by atoms with Crippen molar-refractivity contribution in [3.05, 3.63) is 397 Å². The van der Waals surface area contributed by atoms with Crippen molar-refractivity contribution in [3.8, 4) is 66.8 Å². The van der Waals surface area contributed by atoms with Crippen LogP contribution in [0.4, 0.5) is 34.1 Å². The van der Waals surface area contributed by atoms with E-state index in [9.17, 15) is 57.5 Å². The molecule has 0 aromatic heterocycles. The Balaban J connectivity index is 0.000000174. The molecular formula is C100H66N6O12. The highest BCUT2D eigenvalue weighted by molar-refractivity contribution is 6.34. The van der Waals surface area contributed by atoms with Gasteiger partial charge >= 0.3 is 0 Å². The van der Waals surface area contributed by atoms with Gasteiger partial charge in [-0.25, -0.2) is 29.4 Å². The molecule has 18 rings (SSSR count). The summed E-state index contributed by atoms with van der Waals surface area (Å²) in [6.07, 6.45) is 14.6. The molecule has 0 unspecified atom stereocenters. The molecule has 6 aliphatic heterocycles. The fourth-order valence-electron chi connectivity index (χ4n) is 16.2. The molecule has 0 bridgehead atoms. The number of imide groups is 6. The van der Waals surface area contributed by atoms with Crippen LogP contribution in [-0.4, -0.2) is 70.9 Å². The average molecular weight is 1540 g/mol. The summed E-state index contributed by atoms with van der Waals surface area (Å²) >= 11 is 0. The fourth-order valence-corrected chi connectivity index (χ4v) is 16.2. The van der Waals surface area contributed by atoms with Crippen LogP contribution in [-0.2, 0) is 68.4 Å². The molecule has 0 saturated carbocycles. The molecule has 568 valence electrons. The van der Waals surface area contributed by atoms with E-state index >= 15 is 0 Å². The normalized spacial score (nSPS) is 15.1. The summed E-state index contributed by atoms with van der Waals surface area (Å²) in [6.45, 7) is 4.13. The molecule has 12 aromatic carbocycles. The molecule has 0 radical (unpaired) electrons. The predicted octanol–water partition coefficient (Wildman–Crippen LogP) is 16.7. The largest absolute Gasteiger partial charge is 0.269 e. The van der Waals surface area contributed by atoms with Crippen LogP contribution in [0.5, 0.6) is 0 Å². The van der Waals surface area contributed by atoms with Crippen molar-refractivity contribution < 1.29 is 57.5 Å². The van der Waals surface area contributed by atoms with Crippen LogP contribution in [0.1, 0.15) is 47.2 Å². The van der Waals surface area contributed by atoms with Crippen molar-refractivity contribution in [2.75, 3.05) is 29.4 Å². The van der Waals surface area contributed by atoms with Crippen LogP contribution in [0, 0.1) is 0 Å². The van der Waals surface area contributed by atoms with Crippen molar-refractivity contribution in [1.82, 2.24) is 0 Å². The number of amides is 12. The number of anilines is 6. The lowest BCUT2D eigenvalue weighted by atomic mass is 9.69. The molecule has 0 N–H and O–H groups in total. The van der Waals surface area contributed by atoms with Crippen LogP contribution >= 0.6 is 0 Å². The SMILES string of the molecule is CC(c1ccc(-c2ccccc2)cc1)(c1ccc(N2C(=O)C=CC2=O)c(-c2ccccc2)c1)c1ccc(N2C(=O)C=CC2=O)c(-c2ccccc2)c1.CC(c1ccc(-c2ccccc2)cc1)(c1ccc(N2C(=O)C=CC2=O)c(-c2ccccc2N2C(=O)C=CC2=O)c1)c1ccc(N2C(=O)C=CC2=O)c(-c2ccccc2N2C(=O)C=CC2=O)c1. The minimum atomic E-state index is -1.16.